The molecule has 0 aliphatic carbocycles. The van der Waals surface area contributed by atoms with E-state index in [2.05, 4.69) is 9.47 Å². The van der Waals surface area contributed by atoms with Gasteiger partial charge in [0.1, 0.15) is 24.8 Å². The maximum absolute atomic E-state index is 10.9. The lowest BCUT2D eigenvalue weighted by atomic mass is 10.2. The van der Waals surface area contributed by atoms with Crippen molar-refractivity contribution < 1.29 is 23.9 Å². The fraction of sp³-hybridized carbons (Fsp3) is 0.727. The van der Waals surface area contributed by atoms with E-state index in [0.717, 1.165) is 0 Å². The normalized spacial score (nSPS) is 9.62. The van der Waals surface area contributed by atoms with Crippen molar-refractivity contribution in [3.8, 4) is 0 Å². The molecule has 0 unspecified atom stereocenters. The zero-order valence-electron chi connectivity index (χ0n) is 9.78. The van der Waals surface area contributed by atoms with E-state index < -0.39 is 6.16 Å². The van der Waals surface area contributed by atoms with E-state index in [1.807, 2.05) is 0 Å². The molecule has 0 radical (unpaired) electrons. The Kier molecular flexibility index (Phi) is 8.11. The number of ketones is 2. The lowest BCUT2D eigenvalue weighted by Crippen LogP contribution is -2.13. The van der Waals surface area contributed by atoms with Crippen LogP contribution in [0.25, 0.3) is 0 Å². The predicted octanol–water partition coefficient (Wildman–Crippen LogP) is 1.88. The summed E-state index contributed by atoms with van der Waals surface area (Å²) in [5.74, 6) is 0.0721. The van der Waals surface area contributed by atoms with Crippen molar-refractivity contribution in [2.24, 2.45) is 0 Å². The van der Waals surface area contributed by atoms with Gasteiger partial charge in [-0.1, -0.05) is 13.8 Å². The van der Waals surface area contributed by atoms with Crippen molar-refractivity contribution in [3.05, 3.63) is 0 Å². The number of ether oxygens (including phenoxy) is 2. The first kappa shape index (κ1) is 14.6. The van der Waals surface area contributed by atoms with Gasteiger partial charge < -0.3 is 9.47 Å². The second-order valence-corrected chi connectivity index (χ2v) is 3.23. The summed E-state index contributed by atoms with van der Waals surface area (Å²) in [6.45, 7) is 3.56. The lowest BCUT2D eigenvalue weighted by molar-refractivity contribution is -0.119. The van der Waals surface area contributed by atoms with Gasteiger partial charge >= 0.3 is 6.16 Å². The molecule has 0 N–H and O–H groups in total. The summed E-state index contributed by atoms with van der Waals surface area (Å²) in [6.07, 6.45) is 0.457. The Hall–Kier alpha value is -1.39. The Morgan fingerprint density at radius 3 is 1.50 bits per heavy atom. The lowest BCUT2D eigenvalue weighted by Gasteiger charge is -2.04. The minimum Gasteiger partial charge on any atom is -0.434 e. The summed E-state index contributed by atoms with van der Waals surface area (Å²) in [4.78, 5) is 32.6. The molecule has 0 saturated carbocycles. The molecule has 0 fully saturated rings. The third-order valence-electron chi connectivity index (χ3n) is 1.99. The van der Waals surface area contributed by atoms with Crippen molar-refractivity contribution in [1.82, 2.24) is 0 Å². The summed E-state index contributed by atoms with van der Waals surface area (Å²) < 4.78 is 9.27. The third kappa shape index (κ3) is 7.96. The van der Waals surface area contributed by atoms with Crippen LogP contribution in [0.3, 0.4) is 0 Å². The van der Waals surface area contributed by atoms with Crippen LogP contribution in [0, 0.1) is 0 Å². The Morgan fingerprint density at radius 2 is 1.19 bits per heavy atom. The number of carbonyl (C=O) groups excluding carboxylic acids is 3. The van der Waals surface area contributed by atoms with E-state index in [1.54, 1.807) is 13.8 Å². The topological polar surface area (TPSA) is 69.7 Å². The van der Waals surface area contributed by atoms with Crippen molar-refractivity contribution in [2.75, 3.05) is 13.2 Å². The molecule has 0 amide bonds. The Morgan fingerprint density at radius 1 is 0.812 bits per heavy atom. The number of hydrogen-bond donors (Lipinski definition) is 0. The average molecular weight is 230 g/mol. The van der Waals surface area contributed by atoms with Gasteiger partial charge in [-0.05, 0) is 0 Å². The number of rotatable bonds is 8. The quantitative estimate of drug-likeness (QED) is 0.595. The Balaban J connectivity index is 3.45. The zero-order valence-corrected chi connectivity index (χ0v) is 9.78. The molecule has 0 saturated heterocycles. The second kappa shape index (κ2) is 8.88. The van der Waals surface area contributed by atoms with Gasteiger partial charge in [-0.3, -0.25) is 9.59 Å². The molecule has 5 nitrogen and oxygen atoms in total. The minimum atomic E-state index is -0.826. The van der Waals surface area contributed by atoms with Crippen LogP contribution < -0.4 is 0 Å². The van der Waals surface area contributed by atoms with Gasteiger partial charge in [0.05, 0.1) is 0 Å². The van der Waals surface area contributed by atoms with Crippen molar-refractivity contribution in [3.63, 3.8) is 0 Å². The van der Waals surface area contributed by atoms with Crippen LogP contribution in [0.15, 0.2) is 0 Å². The van der Waals surface area contributed by atoms with Crippen LogP contribution in [0.1, 0.15) is 39.5 Å². The molecular formula is C11H18O5. The van der Waals surface area contributed by atoms with E-state index in [4.69, 9.17) is 0 Å². The number of carbonyl (C=O) groups is 3. The smallest absolute Gasteiger partial charge is 0.434 e. The highest BCUT2D eigenvalue weighted by atomic mass is 16.7. The van der Waals surface area contributed by atoms with E-state index in [1.165, 1.54) is 0 Å². The molecule has 5 heteroatoms. The van der Waals surface area contributed by atoms with E-state index in [9.17, 15) is 14.4 Å². The summed E-state index contributed by atoms with van der Waals surface area (Å²) in [5, 5.41) is 0. The van der Waals surface area contributed by atoms with Crippen LogP contribution in [0.2, 0.25) is 0 Å². The molecule has 0 rings (SSSR count). The average Bonchev–Trinajstić information content (AvgIpc) is 2.28. The fourth-order valence-corrected chi connectivity index (χ4v) is 0.892. The Labute approximate surface area is 95.1 Å². The highest BCUT2D eigenvalue weighted by Gasteiger charge is 2.06. The van der Waals surface area contributed by atoms with Crippen LogP contribution in [0.4, 0.5) is 4.79 Å². The highest BCUT2D eigenvalue weighted by Crippen LogP contribution is 1.95. The van der Waals surface area contributed by atoms with Crippen LogP contribution in [-0.2, 0) is 19.1 Å². The minimum absolute atomic E-state index is 0.0350. The van der Waals surface area contributed by atoms with Gasteiger partial charge in [0.2, 0.25) is 0 Å². The molecule has 0 aliphatic heterocycles. The zero-order chi connectivity index (χ0) is 12.4. The van der Waals surface area contributed by atoms with Crippen molar-refractivity contribution in [1.29, 1.82) is 0 Å². The molecule has 0 aromatic rings. The van der Waals surface area contributed by atoms with Crippen LogP contribution in [-0.4, -0.2) is 30.9 Å². The Bertz CT molecular complexity index is 223. The van der Waals surface area contributed by atoms with Gasteiger partial charge in [-0.2, -0.15) is 0 Å². The highest BCUT2D eigenvalue weighted by molar-refractivity contribution is 5.78. The maximum Gasteiger partial charge on any atom is 0.508 e. The first-order valence-corrected chi connectivity index (χ1v) is 5.43. The summed E-state index contributed by atoms with van der Waals surface area (Å²) in [5.41, 5.74) is 0. The molecule has 0 aromatic carbocycles. The monoisotopic (exact) mass is 230 g/mol. The molecule has 92 valence electrons. The first-order valence-electron chi connectivity index (χ1n) is 5.43. The largest absolute Gasteiger partial charge is 0.508 e. The SMILES string of the molecule is CCC(=O)CCOC(=O)OCCC(=O)CC. The van der Waals surface area contributed by atoms with Gasteiger partial charge in [0, 0.05) is 25.7 Å². The van der Waals surface area contributed by atoms with Gasteiger partial charge in [-0.15, -0.1) is 0 Å². The summed E-state index contributed by atoms with van der Waals surface area (Å²) >= 11 is 0. The molecule has 0 atom stereocenters. The van der Waals surface area contributed by atoms with Crippen molar-refractivity contribution >= 4 is 17.7 Å². The van der Waals surface area contributed by atoms with Crippen molar-refractivity contribution in [2.45, 2.75) is 39.5 Å². The fourth-order valence-electron chi connectivity index (χ4n) is 0.892. The van der Waals surface area contributed by atoms with E-state index in [0.29, 0.717) is 12.8 Å². The standard InChI is InChI=1S/C11H18O5/c1-3-9(12)5-7-15-11(14)16-8-6-10(13)4-2/h3-8H2,1-2H3. The summed E-state index contributed by atoms with van der Waals surface area (Å²) in [7, 11) is 0. The number of Topliss-reactive ketones (excluding diaryl/α,β-unsaturated/α-hetero) is 2. The molecule has 0 spiro atoms. The number of hydrogen-bond acceptors (Lipinski definition) is 5. The van der Waals surface area contributed by atoms with Crippen LogP contribution >= 0.6 is 0 Å². The second-order valence-electron chi connectivity index (χ2n) is 3.23. The molecule has 0 aromatic heterocycles. The molecule has 16 heavy (non-hydrogen) atoms. The van der Waals surface area contributed by atoms with Gasteiger partial charge in [-0.25, -0.2) is 4.79 Å². The molecule has 0 bridgehead atoms. The van der Waals surface area contributed by atoms with Gasteiger partial charge in [0.15, 0.2) is 0 Å². The summed E-state index contributed by atoms with van der Waals surface area (Å²) in [6, 6.07) is 0. The first-order chi connectivity index (χ1) is 7.60. The molecule has 0 aliphatic rings. The van der Waals surface area contributed by atoms with E-state index >= 15 is 0 Å². The van der Waals surface area contributed by atoms with Crippen LogP contribution in [0.5, 0.6) is 0 Å². The molecular weight excluding hydrogens is 212 g/mol. The van der Waals surface area contributed by atoms with E-state index in [-0.39, 0.29) is 37.6 Å². The maximum atomic E-state index is 10.9. The van der Waals surface area contributed by atoms with Gasteiger partial charge in [0.25, 0.3) is 0 Å². The third-order valence-corrected chi connectivity index (χ3v) is 1.99. The molecule has 0 heterocycles. The predicted molar refractivity (Wildman–Crippen MR) is 57.1 cm³/mol.